The number of rotatable bonds is 4. The number of methoxy groups -OCH3 is 1. The number of nitrogens with one attached hydrogen (secondary N) is 1. The quantitative estimate of drug-likeness (QED) is 0.341. The van der Waals surface area contributed by atoms with Crippen molar-refractivity contribution in [3.05, 3.63) is 23.2 Å². The van der Waals surface area contributed by atoms with Gasteiger partial charge in [-0.3, -0.25) is 4.79 Å². The largest absolute Gasteiger partial charge is 0.495 e. The molecule has 0 fully saturated rings. The normalized spacial score (nSPS) is 12.1. The number of carbonyl (C=O) groups is 1. The number of oxime groups is 1. The van der Waals surface area contributed by atoms with Gasteiger partial charge in [0.2, 0.25) is 5.91 Å². The van der Waals surface area contributed by atoms with Crippen LogP contribution < -0.4 is 15.8 Å². The lowest BCUT2D eigenvalue weighted by Crippen LogP contribution is -2.42. The molecule has 1 aromatic carbocycles. The minimum absolute atomic E-state index is 0.176. The molecule has 6 nitrogen and oxygen atoms in total. The smallest absolute Gasteiger partial charge is 0.237 e. The van der Waals surface area contributed by atoms with Crippen LogP contribution in [0.15, 0.2) is 23.4 Å². The number of halogens is 1. The Hall–Kier alpha value is -1.95. The average molecular weight is 286 g/mol. The van der Waals surface area contributed by atoms with Gasteiger partial charge in [0.1, 0.15) is 11.2 Å². The van der Waals surface area contributed by atoms with E-state index in [-0.39, 0.29) is 5.84 Å². The van der Waals surface area contributed by atoms with Gasteiger partial charge in [-0.2, -0.15) is 0 Å². The Morgan fingerprint density at radius 1 is 1.53 bits per heavy atom. The molecule has 0 atom stereocenters. The second-order valence-electron chi connectivity index (χ2n) is 4.41. The fraction of sp³-hybridized carbons (Fsp3) is 0.333. The van der Waals surface area contributed by atoms with Crippen molar-refractivity contribution in [1.82, 2.24) is 0 Å². The maximum atomic E-state index is 12.0. The van der Waals surface area contributed by atoms with Gasteiger partial charge in [-0.05, 0) is 32.0 Å². The highest BCUT2D eigenvalue weighted by Crippen LogP contribution is 2.28. The van der Waals surface area contributed by atoms with Crippen LogP contribution in [-0.4, -0.2) is 24.1 Å². The van der Waals surface area contributed by atoms with Gasteiger partial charge in [0, 0.05) is 5.69 Å². The molecular weight excluding hydrogens is 270 g/mol. The number of nitrogens with two attached hydrogens (primary N) is 1. The molecule has 4 N–H and O–H groups in total. The molecule has 0 radical (unpaired) electrons. The minimum Gasteiger partial charge on any atom is -0.495 e. The van der Waals surface area contributed by atoms with Gasteiger partial charge in [0.15, 0.2) is 5.84 Å². The summed E-state index contributed by atoms with van der Waals surface area (Å²) >= 11 is 5.95. The summed E-state index contributed by atoms with van der Waals surface area (Å²) < 4.78 is 5.01. The van der Waals surface area contributed by atoms with Crippen LogP contribution >= 0.6 is 11.6 Å². The summed E-state index contributed by atoms with van der Waals surface area (Å²) in [6.07, 6.45) is 0. The van der Waals surface area contributed by atoms with Crippen molar-refractivity contribution in [2.75, 3.05) is 12.4 Å². The molecule has 104 valence electrons. The summed E-state index contributed by atoms with van der Waals surface area (Å²) in [5.41, 5.74) is 4.83. The first-order valence-corrected chi connectivity index (χ1v) is 5.83. The number of benzene rings is 1. The standard InChI is InChI=1S/C12H16ClN3O3/c1-12(2,10(14)16-18)11(17)15-7-4-5-9(19-3)8(13)6-7/h4-6,18H,1-3H3,(H2,14,16)(H,15,17). The van der Waals surface area contributed by atoms with Crippen molar-refractivity contribution < 1.29 is 14.7 Å². The first-order valence-electron chi connectivity index (χ1n) is 5.46. The summed E-state index contributed by atoms with van der Waals surface area (Å²) in [5.74, 6) is -0.0796. The highest BCUT2D eigenvalue weighted by Gasteiger charge is 2.32. The third kappa shape index (κ3) is 3.29. The molecule has 0 aliphatic rings. The second kappa shape index (κ2) is 5.79. The molecule has 0 saturated heterocycles. The lowest BCUT2D eigenvalue weighted by Gasteiger charge is -2.21. The second-order valence-corrected chi connectivity index (χ2v) is 4.82. The van der Waals surface area contributed by atoms with Crippen LogP contribution in [0.25, 0.3) is 0 Å². The van der Waals surface area contributed by atoms with Crippen LogP contribution in [0.2, 0.25) is 5.02 Å². The number of ether oxygens (including phenoxy) is 1. The van der Waals surface area contributed by atoms with Crippen LogP contribution in [0.1, 0.15) is 13.8 Å². The molecule has 0 saturated carbocycles. The van der Waals surface area contributed by atoms with Crippen molar-refractivity contribution in [2.24, 2.45) is 16.3 Å². The van der Waals surface area contributed by atoms with Crippen LogP contribution in [0.4, 0.5) is 5.69 Å². The predicted molar refractivity (Wildman–Crippen MR) is 73.8 cm³/mol. The Morgan fingerprint density at radius 3 is 2.63 bits per heavy atom. The van der Waals surface area contributed by atoms with Gasteiger partial charge in [-0.25, -0.2) is 0 Å². The Balaban J connectivity index is 2.91. The highest BCUT2D eigenvalue weighted by molar-refractivity contribution is 6.32. The lowest BCUT2D eigenvalue weighted by atomic mass is 9.91. The molecule has 19 heavy (non-hydrogen) atoms. The monoisotopic (exact) mass is 285 g/mol. The van der Waals surface area contributed by atoms with Crippen LogP contribution in [0.5, 0.6) is 5.75 Å². The van der Waals surface area contributed by atoms with Gasteiger partial charge in [-0.1, -0.05) is 16.8 Å². The van der Waals surface area contributed by atoms with Gasteiger partial charge in [0.05, 0.1) is 12.1 Å². The molecule has 0 spiro atoms. The van der Waals surface area contributed by atoms with Crippen molar-refractivity contribution in [3.63, 3.8) is 0 Å². The first-order chi connectivity index (χ1) is 8.82. The molecule has 7 heteroatoms. The molecule has 0 bridgehead atoms. The summed E-state index contributed by atoms with van der Waals surface area (Å²) in [6.45, 7) is 3.09. The van der Waals surface area contributed by atoms with E-state index in [9.17, 15) is 4.79 Å². The Labute approximate surface area is 116 Å². The van der Waals surface area contributed by atoms with Crippen LogP contribution in [0.3, 0.4) is 0 Å². The van der Waals surface area contributed by atoms with E-state index < -0.39 is 11.3 Å². The zero-order valence-electron chi connectivity index (χ0n) is 10.9. The topological polar surface area (TPSA) is 96.9 Å². The summed E-state index contributed by atoms with van der Waals surface area (Å²) in [5, 5.41) is 14.5. The van der Waals surface area contributed by atoms with Crippen molar-refractivity contribution in [1.29, 1.82) is 0 Å². The average Bonchev–Trinajstić information content (AvgIpc) is 2.37. The molecule has 0 aliphatic heterocycles. The number of hydrogen-bond acceptors (Lipinski definition) is 4. The Bertz CT molecular complexity index is 515. The highest BCUT2D eigenvalue weighted by atomic mass is 35.5. The lowest BCUT2D eigenvalue weighted by molar-refractivity contribution is -0.121. The first kappa shape index (κ1) is 15.1. The minimum atomic E-state index is -1.14. The molecular formula is C12H16ClN3O3. The molecule has 0 aromatic heterocycles. The van der Waals surface area contributed by atoms with E-state index in [0.717, 1.165) is 0 Å². The maximum absolute atomic E-state index is 12.0. The predicted octanol–water partition coefficient (Wildman–Crippen LogP) is 2.06. The Morgan fingerprint density at radius 2 is 2.16 bits per heavy atom. The van der Waals surface area contributed by atoms with E-state index in [1.54, 1.807) is 32.0 Å². The summed E-state index contributed by atoms with van der Waals surface area (Å²) in [7, 11) is 1.50. The summed E-state index contributed by atoms with van der Waals surface area (Å²) in [6, 6.07) is 4.83. The van der Waals surface area contributed by atoms with E-state index in [4.69, 9.17) is 27.3 Å². The van der Waals surface area contributed by atoms with Crippen molar-refractivity contribution >= 4 is 29.0 Å². The third-order valence-electron chi connectivity index (χ3n) is 2.73. The number of anilines is 1. The van der Waals surface area contributed by atoms with Crippen LogP contribution in [-0.2, 0) is 4.79 Å². The molecule has 1 aromatic rings. The van der Waals surface area contributed by atoms with Crippen LogP contribution in [0, 0.1) is 5.41 Å². The van der Waals surface area contributed by atoms with E-state index in [2.05, 4.69) is 10.5 Å². The van der Waals surface area contributed by atoms with E-state index >= 15 is 0 Å². The van der Waals surface area contributed by atoms with Gasteiger partial charge in [-0.15, -0.1) is 0 Å². The third-order valence-corrected chi connectivity index (χ3v) is 3.02. The zero-order chi connectivity index (χ0) is 14.6. The van der Waals surface area contributed by atoms with Gasteiger partial charge < -0.3 is 21.0 Å². The zero-order valence-corrected chi connectivity index (χ0v) is 11.7. The molecule has 1 rings (SSSR count). The SMILES string of the molecule is COc1ccc(NC(=O)C(C)(C)C(N)=NO)cc1Cl. The van der Waals surface area contributed by atoms with Crippen molar-refractivity contribution in [3.8, 4) is 5.75 Å². The number of amides is 1. The van der Waals surface area contributed by atoms with E-state index in [1.165, 1.54) is 7.11 Å². The van der Waals surface area contributed by atoms with Gasteiger partial charge >= 0.3 is 0 Å². The fourth-order valence-corrected chi connectivity index (χ4v) is 1.53. The molecule has 1 amide bonds. The fourth-order valence-electron chi connectivity index (χ4n) is 1.27. The molecule has 0 heterocycles. The number of amidine groups is 1. The molecule has 0 unspecified atom stereocenters. The Kier molecular flexibility index (Phi) is 4.61. The number of nitrogens with zero attached hydrogens (tertiary/aromatic N) is 1. The molecule has 0 aliphatic carbocycles. The van der Waals surface area contributed by atoms with E-state index in [1.807, 2.05) is 0 Å². The maximum Gasteiger partial charge on any atom is 0.237 e. The van der Waals surface area contributed by atoms with E-state index in [0.29, 0.717) is 16.5 Å². The summed E-state index contributed by atoms with van der Waals surface area (Å²) in [4.78, 5) is 12.0. The van der Waals surface area contributed by atoms with Crippen molar-refractivity contribution in [2.45, 2.75) is 13.8 Å². The van der Waals surface area contributed by atoms with Gasteiger partial charge in [0.25, 0.3) is 0 Å². The number of carbonyl (C=O) groups excluding carboxylic acids is 1. The number of hydrogen-bond donors (Lipinski definition) is 3.